The summed E-state index contributed by atoms with van der Waals surface area (Å²) in [4.78, 5) is 12.3. The van der Waals surface area contributed by atoms with E-state index in [1.54, 1.807) is 12.1 Å². The summed E-state index contributed by atoms with van der Waals surface area (Å²) in [5, 5.41) is 3.57. The summed E-state index contributed by atoms with van der Waals surface area (Å²) in [6.07, 6.45) is 0.282. The van der Waals surface area contributed by atoms with Crippen LogP contribution in [0.2, 0.25) is 5.02 Å². The second-order valence-corrected chi connectivity index (χ2v) is 6.06. The van der Waals surface area contributed by atoms with Crippen molar-refractivity contribution in [2.24, 2.45) is 0 Å². The summed E-state index contributed by atoms with van der Waals surface area (Å²) in [6.45, 7) is 0.449. The predicted molar refractivity (Wildman–Crippen MR) is 101 cm³/mol. The van der Waals surface area contributed by atoms with Gasteiger partial charge in [-0.25, -0.2) is 0 Å². The molecular formula is C21H18ClNO2. The summed E-state index contributed by atoms with van der Waals surface area (Å²) in [5.41, 5.74) is 2.65. The maximum absolute atomic E-state index is 12.3. The third-order valence-electron chi connectivity index (χ3n) is 3.68. The first-order valence-corrected chi connectivity index (χ1v) is 8.38. The second-order valence-electron chi connectivity index (χ2n) is 5.62. The molecule has 0 atom stereocenters. The molecule has 0 spiro atoms. The molecule has 0 saturated heterocycles. The van der Waals surface area contributed by atoms with Crippen molar-refractivity contribution in [3.8, 4) is 5.75 Å². The summed E-state index contributed by atoms with van der Waals surface area (Å²) >= 11 is 5.87. The number of hydrogen-bond acceptors (Lipinski definition) is 2. The fourth-order valence-corrected chi connectivity index (χ4v) is 2.54. The van der Waals surface area contributed by atoms with E-state index < -0.39 is 0 Å². The average Bonchev–Trinajstić information content (AvgIpc) is 2.64. The molecule has 1 amide bonds. The van der Waals surface area contributed by atoms with Gasteiger partial charge in [-0.1, -0.05) is 66.2 Å². The number of amides is 1. The van der Waals surface area contributed by atoms with Crippen molar-refractivity contribution in [3.63, 3.8) is 0 Å². The number of rotatable bonds is 6. The largest absolute Gasteiger partial charge is 0.487 e. The molecule has 3 nitrogen and oxygen atoms in total. The molecule has 3 aromatic rings. The van der Waals surface area contributed by atoms with Crippen LogP contribution in [0.4, 0.5) is 5.69 Å². The van der Waals surface area contributed by atoms with Crippen LogP contribution in [0.15, 0.2) is 78.9 Å². The van der Waals surface area contributed by atoms with E-state index in [1.807, 2.05) is 66.7 Å². The predicted octanol–water partition coefficient (Wildman–Crippen LogP) is 5.10. The van der Waals surface area contributed by atoms with Crippen LogP contribution in [0.25, 0.3) is 0 Å². The van der Waals surface area contributed by atoms with Crippen molar-refractivity contribution in [1.82, 2.24) is 0 Å². The van der Waals surface area contributed by atoms with Crippen LogP contribution in [-0.2, 0) is 17.8 Å². The highest BCUT2D eigenvalue weighted by molar-refractivity contribution is 6.30. The molecule has 3 aromatic carbocycles. The molecule has 0 bridgehead atoms. The lowest BCUT2D eigenvalue weighted by atomic mass is 10.1. The zero-order valence-electron chi connectivity index (χ0n) is 13.6. The Hall–Kier alpha value is -2.78. The topological polar surface area (TPSA) is 38.3 Å². The number of para-hydroxylation sites is 2. The zero-order valence-corrected chi connectivity index (χ0v) is 14.4. The van der Waals surface area contributed by atoms with Gasteiger partial charge in [0, 0.05) is 5.02 Å². The minimum atomic E-state index is -0.0990. The van der Waals surface area contributed by atoms with Crippen LogP contribution < -0.4 is 10.1 Å². The van der Waals surface area contributed by atoms with Gasteiger partial charge in [-0.2, -0.15) is 0 Å². The number of ether oxygens (including phenoxy) is 1. The van der Waals surface area contributed by atoms with E-state index in [1.165, 1.54) is 0 Å². The molecule has 25 heavy (non-hydrogen) atoms. The van der Waals surface area contributed by atoms with Crippen LogP contribution in [-0.4, -0.2) is 5.91 Å². The van der Waals surface area contributed by atoms with Gasteiger partial charge in [-0.3, -0.25) is 4.79 Å². The molecule has 1 N–H and O–H groups in total. The van der Waals surface area contributed by atoms with Gasteiger partial charge in [0.25, 0.3) is 0 Å². The summed E-state index contributed by atoms with van der Waals surface area (Å²) in [6, 6.07) is 24.6. The molecule has 126 valence electrons. The number of carbonyl (C=O) groups is 1. The standard InChI is InChI=1S/C21H18ClNO2/c22-18-12-10-16(11-13-18)14-21(24)23-19-8-4-5-9-20(19)25-15-17-6-2-1-3-7-17/h1-13H,14-15H2,(H,23,24). The van der Waals surface area contributed by atoms with Gasteiger partial charge >= 0.3 is 0 Å². The molecule has 0 aliphatic rings. The van der Waals surface area contributed by atoms with Crippen molar-refractivity contribution in [2.45, 2.75) is 13.0 Å². The van der Waals surface area contributed by atoms with Gasteiger partial charge < -0.3 is 10.1 Å². The molecule has 0 heterocycles. The molecule has 4 heteroatoms. The Bertz CT molecular complexity index is 832. The number of hydrogen-bond donors (Lipinski definition) is 1. The number of benzene rings is 3. The number of nitrogens with one attached hydrogen (secondary N) is 1. The van der Waals surface area contributed by atoms with Crippen LogP contribution in [0, 0.1) is 0 Å². The number of carbonyl (C=O) groups excluding carboxylic acids is 1. The minimum Gasteiger partial charge on any atom is -0.487 e. The summed E-state index contributed by atoms with van der Waals surface area (Å²) in [7, 11) is 0. The number of anilines is 1. The van der Waals surface area contributed by atoms with Gasteiger partial charge in [0.2, 0.25) is 5.91 Å². The monoisotopic (exact) mass is 351 g/mol. The average molecular weight is 352 g/mol. The molecule has 3 rings (SSSR count). The summed E-state index contributed by atoms with van der Waals surface area (Å²) in [5.74, 6) is 0.550. The van der Waals surface area contributed by atoms with E-state index >= 15 is 0 Å². The fraction of sp³-hybridized carbons (Fsp3) is 0.0952. The van der Waals surface area contributed by atoms with Gasteiger partial charge in [0.05, 0.1) is 12.1 Å². The Morgan fingerprint density at radius 3 is 2.28 bits per heavy atom. The van der Waals surface area contributed by atoms with Crippen LogP contribution >= 0.6 is 11.6 Å². The lowest BCUT2D eigenvalue weighted by Crippen LogP contribution is -2.15. The molecule has 0 unspecified atom stereocenters. The molecule has 0 aliphatic carbocycles. The lowest BCUT2D eigenvalue weighted by molar-refractivity contribution is -0.115. The van der Waals surface area contributed by atoms with Crippen molar-refractivity contribution < 1.29 is 9.53 Å². The van der Waals surface area contributed by atoms with E-state index in [-0.39, 0.29) is 12.3 Å². The Balaban J connectivity index is 1.63. The SMILES string of the molecule is O=C(Cc1ccc(Cl)cc1)Nc1ccccc1OCc1ccccc1. The first-order chi connectivity index (χ1) is 12.2. The highest BCUT2D eigenvalue weighted by Crippen LogP contribution is 2.25. The molecule has 0 fully saturated rings. The molecule has 0 radical (unpaired) electrons. The number of halogens is 1. The first kappa shape index (κ1) is 17.1. The smallest absolute Gasteiger partial charge is 0.228 e. The van der Waals surface area contributed by atoms with E-state index in [2.05, 4.69) is 5.32 Å². The molecule has 0 aromatic heterocycles. The van der Waals surface area contributed by atoms with E-state index in [9.17, 15) is 4.79 Å². The van der Waals surface area contributed by atoms with Gasteiger partial charge in [0.1, 0.15) is 12.4 Å². The van der Waals surface area contributed by atoms with Gasteiger partial charge in [-0.15, -0.1) is 0 Å². The molecular weight excluding hydrogens is 334 g/mol. The van der Waals surface area contributed by atoms with E-state index in [0.717, 1.165) is 11.1 Å². The van der Waals surface area contributed by atoms with Gasteiger partial charge in [-0.05, 0) is 35.4 Å². The molecule has 0 aliphatic heterocycles. The van der Waals surface area contributed by atoms with E-state index in [0.29, 0.717) is 23.1 Å². The van der Waals surface area contributed by atoms with Crippen LogP contribution in [0.5, 0.6) is 5.75 Å². The van der Waals surface area contributed by atoms with Crippen molar-refractivity contribution in [1.29, 1.82) is 0 Å². The Kier molecular flexibility index (Phi) is 5.70. The third-order valence-corrected chi connectivity index (χ3v) is 3.93. The van der Waals surface area contributed by atoms with Crippen molar-refractivity contribution in [2.75, 3.05) is 5.32 Å². The quantitative estimate of drug-likeness (QED) is 0.671. The first-order valence-electron chi connectivity index (χ1n) is 8.01. The maximum atomic E-state index is 12.3. The zero-order chi connectivity index (χ0) is 17.5. The summed E-state index contributed by atoms with van der Waals surface area (Å²) < 4.78 is 5.86. The lowest BCUT2D eigenvalue weighted by Gasteiger charge is -2.12. The van der Waals surface area contributed by atoms with Crippen molar-refractivity contribution in [3.05, 3.63) is 95.0 Å². The highest BCUT2D eigenvalue weighted by atomic mass is 35.5. The second kappa shape index (κ2) is 8.36. The Morgan fingerprint density at radius 1 is 0.840 bits per heavy atom. The van der Waals surface area contributed by atoms with Gasteiger partial charge in [0.15, 0.2) is 0 Å². The third kappa shape index (κ3) is 5.10. The Morgan fingerprint density at radius 2 is 1.52 bits per heavy atom. The highest BCUT2D eigenvalue weighted by Gasteiger charge is 2.09. The van der Waals surface area contributed by atoms with Crippen molar-refractivity contribution >= 4 is 23.2 Å². The Labute approximate surface area is 152 Å². The maximum Gasteiger partial charge on any atom is 0.228 e. The molecule has 0 saturated carbocycles. The fourth-order valence-electron chi connectivity index (χ4n) is 2.41. The van der Waals surface area contributed by atoms with Crippen LogP contribution in [0.1, 0.15) is 11.1 Å². The normalized spacial score (nSPS) is 10.3. The van der Waals surface area contributed by atoms with E-state index in [4.69, 9.17) is 16.3 Å². The van der Waals surface area contributed by atoms with Crippen LogP contribution in [0.3, 0.4) is 0 Å². The minimum absolute atomic E-state index is 0.0990.